The summed E-state index contributed by atoms with van der Waals surface area (Å²) in [7, 11) is -3.11. The Labute approximate surface area is 137 Å². The Bertz CT molecular complexity index is 619. The van der Waals surface area contributed by atoms with Crippen LogP contribution in [0.25, 0.3) is 0 Å². The monoisotopic (exact) mass is 340 g/mol. The topological polar surface area (TPSA) is 100 Å². The molecule has 2 unspecified atom stereocenters. The Morgan fingerprint density at radius 2 is 2.17 bits per heavy atom. The summed E-state index contributed by atoms with van der Waals surface area (Å²) < 4.78 is 23.6. The highest BCUT2D eigenvalue weighted by atomic mass is 32.2. The summed E-state index contributed by atoms with van der Waals surface area (Å²) in [5.41, 5.74) is 6.85. The van der Waals surface area contributed by atoms with Gasteiger partial charge in [-0.15, -0.1) is 0 Å². The van der Waals surface area contributed by atoms with E-state index in [0.717, 1.165) is 5.69 Å². The molecule has 1 amide bonds. The quantitative estimate of drug-likeness (QED) is 0.654. The molecule has 3 N–H and O–H groups in total. The molecule has 0 radical (unpaired) electrons. The van der Waals surface area contributed by atoms with Crippen LogP contribution >= 0.6 is 0 Å². The third-order valence-electron chi connectivity index (χ3n) is 3.56. The van der Waals surface area contributed by atoms with Crippen LogP contribution in [0.4, 0.5) is 0 Å². The Kier molecular flexibility index (Phi) is 6.09. The van der Waals surface area contributed by atoms with E-state index in [1.807, 2.05) is 32.0 Å². The van der Waals surface area contributed by atoms with Crippen molar-refractivity contribution in [3.05, 3.63) is 30.1 Å². The number of hydrogen-bond acceptors (Lipinski definition) is 6. The summed E-state index contributed by atoms with van der Waals surface area (Å²) in [6.07, 6.45) is 2.28. The number of rotatable bonds is 7. The van der Waals surface area contributed by atoms with Crippen molar-refractivity contribution in [1.82, 2.24) is 21.2 Å². The van der Waals surface area contributed by atoms with Crippen molar-refractivity contribution >= 4 is 15.7 Å². The van der Waals surface area contributed by atoms with Crippen molar-refractivity contribution in [3.63, 3.8) is 0 Å². The van der Waals surface area contributed by atoms with Gasteiger partial charge in [-0.05, 0) is 24.5 Å². The third-order valence-corrected chi connectivity index (χ3v) is 5.56. The van der Waals surface area contributed by atoms with Gasteiger partial charge in [-0.2, -0.15) is 0 Å². The summed E-state index contributed by atoms with van der Waals surface area (Å²) in [6, 6.07) is 5.22. The van der Waals surface area contributed by atoms with Crippen molar-refractivity contribution in [2.75, 3.05) is 18.1 Å². The van der Waals surface area contributed by atoms with Crippen molar-refractivity contribution in [2.45, 2.75) is 32.4 Å². The van der Waals surface area contributed by atoms with Crippen LogP contribution in [0.2, 0.25) is 0 Å². The molecule has 0 bridgehead atoms. The van der Waals surface area contributed by atoms with Crippen molar-refractivity contribution in [3.8, 4) is 0 Å². The maximum absolute atomic E-state index is 12.1. The van der Waals surface area contributed by atoms with Crippen LogP contribution in [-0.4, -0.2) is 43.4 Å². The number of sulfone groups is 1. The van der Waals surface area contributed by atoms with E-state index in [-0.39, 0.29) is 35.9 Å². The van der Waals surface area contributed by atoms with E-state index < -0.39 is 15.9 Å². The molecule has 7 nitrogen and oxygen atoms in total. The highest BCUT2D eigenvalue weighted by Gasteiger charge is 2.30. The molecular formula is C15H24N4O3S. The zero-order chi connectivity index (χ0) is 16.9. The number of carbonyl (C=O) groups is 1. The lowest BCUT2D eigenvalue weighted by atomic mass is 10.1. The number of nitrogens with one attached hydrogen (secondary N) is 3. The molecule has 1 fully saturated rings. The molecule has 0 saturated carbocycles. The summed E-state index contributed by atoms with van der Waals surface area (Å²) in [4.78, 5) is 16.4. The van der Waals surface area contributed by atoms with Gasteiger partial charge in [-0.1, -0.05) is 19.9 Å². The molecule has 23 heavy (non-hydrogen) atoms. The number of hydrazine groups is 1. The minimum Gasteiger partial charge on any atom is -0.354 e. The van der Waals surface area contributed by atoms with Gasteiger partial charge in [0.1, 0.15) is 6.04 Å². The third kappa shape index (κ3) is 5.56. The zero-order valence-corrected chi connectivity index (χ0v) is 14.3. The minimum atomic E-state index is -3.11. The second-order valence-electron chi connectivity index (χ2n) is 6.18. The molecule has 0 spiro atoms. The first-order valence-electron chi connectivity index (χ1n) is 7.77. The van der Waals surface area contributed by atoms with Crippen LogP contribution in [0.15, 0.2) is 24.4 Å². The molecule has 0 aromatic carbocycles. The lowest BCUT2D eigenvalue weighted by Gasteiger charge is -2.11. The number of nitrogens with zero attached hydrogens (tertiary/aromatic N) is 1. The molecule has 1 aromatic heterocycles. The normalized spacial score (nSPS) is 21.5. The SMILES string of the molecule is CC(C)CS(=O)(=O)CCNC(=O)C1CC(c2ccccn2)NN1. The van der Waals surface area contributed by atoms with E-state index in [0.29, 0.717) is 6.42 Å². The first kappa shape index (κ1) is 17.8. The molecule has 1 aliphatic rings. The highest BCUT2D eigenvalue weighted by molar-refractivity contribution is 7.91. The second kappa shape index (κ2) is 7.85. The fourth-order valence-corrected chi connectivity index (χ4v) is 4.14. The van der Waals surface area contributed by atoms with E-state index in [2.05, 4.69) is 21.2 Å². The van der Waals surface area contributed by atoms with E-state index in [4.69, 9.17) is 0 Å². The molecule has 2 rings (SSSR count). The maximum atomic E-state index is 12.1. The first-order valence-corrected chi connectivity index (χ1v) is 9.59. The summed E-state index contributed by atoms with van der Waals surface area (Å²) in [6.45, 7) is 3.87. The van der Waals surface area contributed by atoms with Crippen LogP contribution in [0.3, 0.4) is 0 Å². The lowest BCUT2D eigenvalue weighted by molar-refractivity contribution is -0.122. The molecule has 2 atom stereocenters. The van der Waals surface area contributed by atoms with Crippen LogP contribution in [-0.2, 0) is 14.6 Å². The molecule has 1 aliphatic heterocycles. The van der Waals surface area contributed by atoms with E-state index in [1.54, 1.807) is 6.20 Å². The van der Waals surface area contributed by atoms with Crippen LogP contribution < -0.4 is 16.2 Å². The van der Waals surface area contributed by atoms with E-state index in [9.17, 15) is 13.2 Å². The Hall–Kier alpha value is -1.51. The first-order chi connectivity index (χ1) is 10.9. The van der Waals surface area contributed by atoms with Gasteiger partial charge >= 0.3 is 0 Å². The lowest BCUT2D eigenvalue weighted by Crippen LogP contribution is -2.44. The van der Waals surface area contributed by atoms with Crippen molar-refractivity contribution < 1.29 is 13.2 Å². The minimum absolute atomic E-state index is 0.0270. The van der Waals surface area contributed by atoms with Gasteiger partial charge in [0.15, 0.2) is 9.84 Å². The molecule has 0 aliphatic carbocycles. The van der Waals surface area contributed by atoms with E-state index >= 15 is 0 Å². The maximum Gasteiger partial charge on any atom is 0.238 e. The Morgan fingerprint density at radius 1 is 1.39 bits per heavy atom. The summed E-state index contributed by atoms with van der Waals surface area (Å²) >= 11 is 0. The standard InChI is InChI=1S/C15H24N4O3S/c1-11(2)10-23(21,22)8-7-17-15(20)14-9-13(18-19-14)12-5-3-4-6-16-12/h3-6,11,13-14,18-19H,7-10H2,1-2H3,(H,17,20). The van der Waals surface area contributed by atoms with Crippen molar-refractivity contribution in [1.29, 1.82) is 0 Å². The average Bonchev–Trinajstić information content (AvgIpc) is 2.96. The molecule has 2 heterocycles. The molecule has 1 aromatic rings. The predicted octanol–water partition coefficient (Wildman–Crippen LogP) is 0.176. The van der Waals surface area contributed by atoms with E-state index in [1.165, 1.54) is 0 Å². The number of amides is 1. The van der Waals surface area contributed by atoms with Gasteiger partial charge in [0.25, 0.3) is 0 Å². The number of pyridine rings is 1. The molecule has 128 valence electrons. The fraction of sp³-hybridized carbons (Fsp3) is 0.600. The number of hydrogen-bond donors (Lipinski definition) is 3. The second-order valence-corrected chi connectivity index (χ2v) is 8.41. The number of aromatic nitrogens is 1. The highest BCUT2D eigenvalue weighted by Crippen LogP contribution is 2.19. The van der Waals surface area contributed by atoms with Gasteiger partial charge in [0.05, 0.1) is 23.2 Å². The average molecular weight is 340 g/mol. The van der Waals surface area contributed by atoms with Gasteiger partial charge in [-0.3, -0.25) is 9.78 Å². The summed E-state index contributed by atoms with van der Waals surface area (Å²) in [5, 5.41) is 2.68. The summed E-state index contributed by atoms with van der Waals surface area (Å²) in [5.74, 6) is 0.0143. The molecular weight excluding hydrogens is 316 g/mol. The van der Waals surface area contributed by atoms with Gasteiger partial charge in [0.2, 0.25) is 5.91 Å². The fourth-order valence-electron chi connectivity index (χ4n) is 2.55. The zero-order valence-electron chi connectivity index (χ0n) is 13.5. The Morgan fingerprint density at radius 3 is 2.83 bits per heavy atom. The molecule has 1 saturated heterocycles. The van der Waals surface area contributed by atoms with Gasteiger partial charge in [0, 0.05) is 12.7 Å². The smallest absolute Gasteiger partial charge is 0.238 e. The number of carbonyl (C=O) groups excluding carboxylic acids is 1. The largest absolute Gasteiger partial charge is 0.354 e. The van der Waals surface area contributed by atoms with Crippen LogP contribution in [0, 0.1) is 5.92 Å². The van der Waals surface area contributed by atoms with Crippen LogP contribution in [0.5, 0.6) is 0 Å². The van der Waals surface area contributed by atoms with Gasteiger partial charge < -0.3 is 5.32 Å². The van der Waals surface area contributed by atoms with Gasteiger partial charge in [-0.25, -0.2) is 19.3 Å². The predicted molar refractivity (Wildman–Crippen MR) is 88.2 cm³/mol. The van der Waals surface area contributed by atoms with Crippen molar-refractivity contribution in [2.24, 2.45) is 5.92 Å². The van der Waals surface area contributed by atoms with Crippen LogP contribution in [0.1, 0.15) is 32.0 Å². The molecule has 8 heteroatoms. The Balaban J connectivity index is 1.77.